The molecule has 0 saturated carbocycles. The molecule has 32 heavy (non-hydrogen) atoms. The molecule has 7 nitrogen and oxygen atoms in total. The third-order valence-corrected chi connectivity index (χ3v) is 4.82. The molecule has 0 fully saturated rings. The lowest BCUT2D eigenvalue weighted by atomic mass is 10.0. The quantitative estimate of drug-likeness (QED) is 0.433. The van der Waals surface area contributed by atoms with E-state index < -0.39 is 22.9 Å². The van der Waals surface area contributed by atoms with E-state index in [1.165, 1.54) is 18.3 Å². The molecule has 2 heterocycles. The largest absolute Gasteiger partial charge is 0.505 e. The van der Waals surface area contributed by atoms with Gasteiger partial charge in [-0.05, 0) is 28.8 Å². The van der Waals surface area contributed by atoms with E-state index in [1.54, 1.807) is 12.1 Å². The number of pyridine rings is 2. The lowest BCUT2D eigenvalue weighted by molar-refractivity contribution is -0.105. The Kier molecular flexibility index (Phi) is 5.80. The van der Waals surface area contributed by atoms with Crippen molar-refractivity contribution in [3.63, 3.8) is 0 Å². The Morgan fingerprint density at radius 1 is 1.09 bits per heavy atom. The highest BCUT2D eigenvalue weighted by atomic mass is 19.1. The zero-order chi connectivity index (χ0) is 22.7. The van der Waals surface area contributed by atoms with Crippen LogP contribution in [0.1, 0.15) is 16.7 Å². The maximum absolute atomic E-state index is 14.0. The van der Waals surface area contributed by atoms with Crippen molar-refractivity contribution in [1.82, 2.24) is 9.71 Å². The fraction of sp³-hybridized carbons (Fsp3) is 0.0870. The van der Waals surface area contributed by atoms with Gasteiger partial charge >= 0.3 is 5.56 Å². The van der Waals surface area contributed by atoms with Crippen LogP contribution in [0.25, 0.3) is 11.0 Å². The number of halogens is 2. The molecule has 0 radical (unpaired) electrons. The number of aromatic nitrogens is 2. The molecule has 2 N–H and O–H groups in total. The zero-order valence-corrected chi connectivity index (χ0v) is 16.6. The first-order chi connectivity index (χ1) is 15.5. The lowest BCUT2D eigenvalue weighted by Gasteiger charge is -2.15. The van der Waals surface area contributed by atoms with Crippen molar-refractivity contribution in [3.8, 4) is 5.75 Å². The summed E-state index contributed by atoms with van der Waals surface area (Å²) in [5, 5.41) is 12.9. The topological polar surface area (TPSA) is 93.5 Å². The second-order valence-electron chi connectivity index (χ2n) is 6.97. The van der Waals surface area contributed by atoms with Crippen molar-refractivity contribution in [2.45, 2.75) is 13.0 Å². The predicted octanol–water partition coefficient (Wildman–Crippen LogP) is 3.17. The highest BCUT2D eigenvalue weighted by Crippen LogP contribution is 2.29. The van der Waals surface area contributed by atoms with Crippen molar-refractivity contribution in [2.24, 2.45) is 0 Å². The molecule has 0 aliphatic rings. The van der Waals surface area contributed by atoms with Crippen LogP contribution in [0.15, 0.2) is 65.6 Å². The number of anilines is 1. The first kappa shape index (κ1) is 21.0. The zero-order valence-electron chi connectivity index (χ0n) is 16.6. The van der Waals surface area contributed by atoms with Crippen LogP contribution in [0, 0.1) is 11.6 Å². The van der Waals surface area contributed by atoms with Crippen LogP contribution in [0.4, 0.5) is 14.5 Å². The Labute approximate surface area is 180 Å². The second kappa shape index (κ2) is 8.84. The molecule has 0 bridgehead atoms. The van der Waals surface area contributed by atoms with E-state index in [0.717, 1.165) is 22.4 Å². The number of rotatable bonds is 7. The summed E-state index contributed by atoms with van der Waals surface area (Å²) in [5.41, 5.74) is 0.336. The third-order valence-electron chi connectivity index (χ3n) is 4.82. The van der Waals surface area contributed by atoms with Crippen LogP contribution in [0.3, 0.4) is 0 Å². The summed E-state index contributed by atoms with van der Waals surface area (Å²) >= 11 is 0. The Hall–Kier alpha value is -4.27. The number of carbonyl (C=O) groups is 1. The van der Waals surface area contributed by atoms with E-state index in [1.807, 2.05) is 18.2 Å². The summed E-state index contributed by atoms with van der Waals surface area (Å²) in [4.78, 5) is 33.6. The van der Waals surface area contributed by atoms with Crippen molar-refractivity contribution in [1.29, 1.82) is 0 Å². The minimum Gasteiger partial charge on any atom is -0.505 e. The second-order valence-corrected chi connectivity index (χ2v) is 6.97. The fourth-order valence-electron chi connectivity index (χ4n) is 3.27. The molecule has 1 amide bonds. The summed E-state index contributed by atoms with van der Waals surface area (Å²) in [6.07, 6.45) is 1.73. The Morgan fingerprint density at radius 3 is 2.59 bits per heavy atom. The number of nitrogens with one attached hydrogen (secondary N) is 1. The van der Waals surface area contributed by atoms with E-state index in [0.29, 0.717) is 5.56 Å². The summed E-state index contributed by atoms with van der Waals surface area (Å²) in [5.74, 6) is -1.90. The van der Waals surface area contributed by atoms with Crippen LogP contribution >= 0.6 is 0 Å². The predicted molar refractivity (Wildman–Crippen MR) is 113 cm³/mol. The molecule has 162 valence electrons. The molecule has 0 spiro atoms. The van der Waals surface area contributed by atoms with Gasteiger partial charge in [0.2, 0.25) is 6.41 Å². The van der Waals surface area contributed by atoms with Gasteiger partial charge in [0.05, 0.1) is 5.39 Å². The van der Waals surface area contributed by atoms with Gasteiger partial charge in [-0.1, -0.05) is 36.4 Å². The number of hydrogen-bond donors (Lipinski definition) is 2. The number of hydrogen-bond acceptors (Lipinski definition) is 5. The summed E-state index contributed by atoms with van der Waals surface area (Å²) in [6.45, 7) is 0.0331. The maximum atomic E-state index is 14.0. The van der Waals surface area contributed by atoms with Crippen molar-refractivity contribution in [2.75, 3.05) is 5.32 Å². The van der Waals surface area contributed by atoms with Gasteiger partial charge in [0.15, 0.2) is 17.1 Å². The highest BCUT2D eigenvalue weighted by Gasteiger charge is 2.19. The molecule has 0 atom stereocenters. The molecule has 0 aliphatic heterocycles. The molecule has 0 unspecified atom stereocenters. The van der Waals surface area contributed by atoms with Gasteiger partial charge < -0.3 is 15.3 Å². The minimum absolute atomic E-state index is 0.0169. The van der Waals surface area contributed by atoms with Crippen molar-refractivity contribution in [3.05, 3.63) is 99.5 Å². The number of aromatic hydroxyl groups is 1. The molecule has 4 aromatic rings. The highest BCUT2D eigenvalue weighted by molar-refractivity contribution is 5.91. The average Bonchev–Trinajstić information content (AvgIpc) is 2.79. The minimum atomic E-state index is -0.803. The van der Waals surface area contributed by atoms with E-state index >= 15 is 0 Å². The normalized spacial score (nSPS) is 10.8. The van der Waals surface area contributed by atoms with Crippen LogP contribution in [0.5, 0.6) is 5.75 Å². The number of carbonyl (C=O) groups excluding carboxylic acids is 1. The smallest absolute Gasteiger partial charge is 0.312 e. The number of amides is 1. The van der Waals surface area contributed by atoms with E-state index in [9.17, 15) is 23.5 Å². The van der Waals surface area contributed by atoms with Gasteiger partial charge in [0.1, 0.15) is 18.2 Å². The van der Waals surface area contributed by atoms with Crippen molar-refractivity contribution < 1.29 is 23.5 Å². The van der Waals surface area contributed by atoms with Gasteiger partial charge in [-0.25, -0.2) is 13.8 Å². The Bertz CT molecular complexity index is 1360. The molecular formula is C23H17F2N3O4. The molecule has 2 aromatic carbocycles. The van der Waals surface area contributed by atoms with Gasteiger partial charge in [0.25, 0.3) is 0 Å². The third kappa shape index (κ3) is 4.13. The van der Waals surface area contributed by atoms with Gasteiger partial charge in [0, 0.05) is 18.7 Å². The maximum Gasteiger partial charge on any atom is 0.312 e. The van der Waals surface area contributed by atoms with Crippen LogP contribution < -0.4 is 15.7 Å². The SMILES string of the molecule is O=CNc1c(O)c2cc(Cc3ccc(F)cc3F)cnc2n(OCc2ccccc2)c1=O. The molecule has 0 aliphatic carbocycles. The number of fused-ring (bicyclic) bond motifs is 1. The van der Waals surface area contributed by atoms with Gasteiger partial charge in [-0.15, -0.1) is 4.73 Å². The van der Waals surface area contributed by atoms with Gasteiger partial charge in [-0.2, -0.15) is 0 Å². The summed E-state index contributed by atoms with van der Waals surface area (Å²) < 4.78 is 28.1. The molecule has 2 aromatic heterocycles. The van der Waals surface area contributed by atoms with Crippen LogP contribution in [-0.4, -0.2) is 21.2 Å². The lowest BCUT2D eigenvalue weighted by Crippen LogP contribution is -2.30. The first-order valence-electron chi connectivity index (χ1n) is 9.56. The van der Waals surface area contributed by atoms with Crippen LogP contribution in [-0.2, 0) is 17.8 Å². The molecular weight excluding hydrogens is 420 g/mol. The fourth-order valence-corrected chi connectivity index (χ4v) is 3.27. The molecule has 9 heteroatoms. The van der Waals surface area contributed by atoms with E-state index in [4.69, 9.17) is 4.84 Å². The number of benzene rings is 2. The Balaban J connectivity index is 1.78. The van der Waals surface area contributed by atoms with Gasteiger partial charge in [-0.3, -0.25) is 9.59 Å². The average molecular weight is 437 g/mol. The standard InChI is InChI=1S/C23H17F2N3O4/c24-17-7-6-16(19(25)10-17)8-15-9-18-21(30)20(27-13-29)23(31)28(22(18)26-11-15)32-12-14-4-2-1-3-5-14/h1-7,9-11,13,30H,8,12H2,(H,27,29). The first-order valence-corrected chi connectivity index (χ1v) is 9.56. The van der Waals surface area contributed by atoms with Crippen molar-refractivity contribution >= 4 is 23.1 Å². The van der Waals surface area contributed by atoms with E-state index in [2.05, 4.69) is 10.3 Å². The number of nitrogens with zero attached hydrogens (tertiary/aromatic N) is 2. The summed E-state index contributed by atoms with van der Waals surface area (Å²) in [7, 11) is 0. The van der Waals surface area contributed by atoms with Crippen LogP contribution in [0.2, 0.25) is 0 Å². The summed E-state index contributed by atoms with van der Waals surface area (Å²) in [6, 6.07) is 13.8. The monoisotopic (exact) mass is 437 g/mol. The van der Waals surface area contributed by atoms with E-state index in [-0.39, 0.29) is 41.7 Å². The molecule has 0 saturated heterocycles. The Morgan fingerprint density at radius 2 is 1.88 bits per heavy atom. The molecule has 4 rings (SSSR count).